The van der Waals surface area contributed by atoms with Gasteiger partial charge in [-0.3, -0.25) is 0 Å². The van der Waals surface area contributed by atoms with Crippen molar-refractivity contribution < 1.29 is 20.1 Å². The maximum Gasteiger partial charge on any atom is 0.131 e. The molecule has 4 rings (SSSR count). The third-order valence-corrected chi connectivity index (χ3v) is 6.02. The van der Waals surface area contributed by atoms with Crippen LogP contribution in [0.3, 0.4) is 0 Å². The van der Waals surface area contributed by atoms with Gasteiger partial charge in [-0.2, -0.15) is 0 Å². The van der Waals surface area contributed by atoms with E-state index >= 15 is 0 Å². The molecule has 0 radical (unpaired) electrons. The molecule has 5 heteroatoms. The van der Waals surface area contributed by atoms with E-state index in [1.54, 1.807) is 24.3 Å². The molecule has 0 unspecified atom stereocenters. The molecule has 5 nitrogen and oxygen atoms in total. The number of anilines is 3. The average Bonchev–Trinajstić information content (AvgIpc) is 2.78. The highest BCUT2D eigenvalue weighted by molar-refractivity contribution is 5.85. The van der Waals surface area contributed by atoms with Gasteiger partial charge in [0.25, 0.3) is 0 Å². The zero-order valence-corrected chi connectivity index (χ0v) is 20.0. The van der Waals surface area contributed by atoms with Gasteiger partial charge in [-0.25, -0.2) is 0 Å². The molecular weight excluding hydrogens is 426 g/mol. The molecule has 34 heavy (non-hydrogen) atoms. The number of hydrogen-bond acceptors (Lipinski definition) is 5. The lowest BCUT2D eigenvalue weighted by Crippen LogP contribution is -2.15. The van der Waals surface area contributed by atoms with Crippen molar-refractivity contribution in [1.82, 2.24) is 0 Å². The van der Waals surface area contributed by atoms with E-state index in [0.717, 1.165) is 44.9 Å². The smallest absolute Gasteiger partial charge is 0.131 e. The second kappa shape index (κ2) is 9.02. The molecule has 0 saturated heterocycles. The van der Waals surface area contributed by atoms with Crippen LogP contribution in [0.15, 0.2) is 66.7 Å². The fourth-order valence-corrected chi connectivity index (χ4v) is 4.29. The fourth-order valence-electron chi connectivity index (χ4n) is 4.29. The predicted molar refractivity (Wildman–Crippen MR) is 136 cm³/mol. The van der Waals surface area contributed by atoms with Gasteiger partial charge < -0.3 is 25.0 Å². The SMILES string of the molecule is Cc1cc(O)cc(Oc2ccc(N(c3c(C)ccc(O)c3C)c3c(C)ccc(O)c3C)cc2)c1. The largest absolute Gasteiger partial charge is 0.508 e. The minimum absolute atomic E-state index is 0.155. The topological polar surface area (TPSA) is 73.2 Å². The molecule has 0 spiro atoms. The van der Waals surface area contributed by atoms with E-state index in [1.807, 2.05) is 77.1 Å². The van der Waals surface area contributed by atoms with Crippen molar-refractivity contribution in [1.29, 1.82) is 0 Å². The number of nitrogens with zero attached hydrogens (tertiary/aromatic N) is 1. The van der Waals surface area contributed by atoms with Crippen LogP contribution in [-0.2, 0) is 0 Å². The lowest BCUT2D eigenvalue weighted by molar-refractivity contribution is 0.454. The van der Waals surface area contributed by atoms with Gasteiger partial charge in [-0.1, -0.05) is 12.1 Å². The predicted octanol–water partition coefficient (Wildman–Crippen LogP) is 7.61. The third-order valence-electron chi connectivity index (χ3n) is 6.02. The number of phenolic OH excluding ortho intramolecular Hbond substituents is 3. The van der Waals surface area contributed by atoms with E-state index in [-0.39, 0.29) is 17.2 Å². The molecular formula is C29H29NO4. The molecule has 174 valence electrons. The Morgan fingerprint density at radius 1 is 0.588 bits per heavy atom. The van der Waals surface area contributed by atoms with Crippen molar-refractivity contribution in [2.75, 3.05) is 4.90 Å². The van der Waals surface area contributed by atoms with E-state index in [1.165, 1.54) is 0 Å². The van der Waals surface area contributed by atoms with Crippen molar-refractivity contribution in [2.45, 2.75) is 34.6 Å². The van der Waals surface area contributed by atoms with Crippen molar-refractivity contribution in [3.8, 4) is 28.7 Å². The number of aryl methyl sites for hydroxylation is 3. The first-order valence-electron chi connectivity index (χ1n) is 11.1. The van der Waals surface area contributed by atoms with Crippen LogP contribution in [0.5, 0.6) is 28.7 Å². The van der Waals surface area contributed by atoms with Crippen LogP contribution in [0.2, 0.25) is 0 Å². The zero-order chi connectivity index (χ0) is 24.6. The summed E-state index contributed by atoms with van der Waals surface area (Å²) in [4.78, 5) is 2.07. The van der Waals surface area contributed by atoms with Crippen LogP contribution in [0.1, 0.15) is 27.8 Å². The lowest BCUT2D eigenvalue weighted by atomic mass is 10.0. The Morgan fingerprint density at radius 3 is 1.62 bits per heavy atom. The monoisotopic (exact) mass is 455 g/mol. The molecule has 0 aliphatic rings. The summed E-state index contributed by atoms with van der Waals surface area (Å²) in [6, 6.07) is 19.9. The molecule has 0 bridgehead atoms. The van der Waals surface area contributed by atoms with Crippen molar-refractivity contribution >= 4 is 17.1 Å². The summed E-state index contributed by atoms with van der Waals surface area (Å²) in [6.45, 7) is 9.68. The number of phenols is 3. The summed E-state index contributed by atoms with van der Waals surface area (Å²) in [5, 5.41) is 30.9. The number of ether oxygens (including phenoxy) is 1. The second-order valence-electron chi connectivity index (χ2n) is 8.69. The first-order valence-corrected chi connectivity index (χ1v) is 11.1. The van der Waals surface area contributed by atoms with E-state index in [2.05, 4.69) is 4.90 Å². The molecule has 0 aliphatic heterocycles. The Bertz CT molecular complexity index is 1280. The van der Waals surface area contributed by atoms with Gasteiger partial charge in [-0.15, -0.1) is 0 Å². The normalized spacial score (nSPS) is 10.9. The van der Waals surface area contributed by atoms with E-state index in [0.29, 0.717) is 11.5 Å². The highest BCUT2D eigenvalue weighted by Crippen LogP contribution is 2.45. The van der Waals surface area contributed by atoms with Gasteiger partial charge in [0.1, 0.15) is 28.7 Å². The minimum Gasteiger partial charge on any atom is -0.508 e. The zero-order valence-electron chi connectivity index (χ0n) is 20.0. The Morgan fingerprint density at radius 2 is 1.12 bits per heavy atom. The van der Waals surface area contributed by atoms with Crippen molar-refractivity contribution in [3.05, 3.63) is 94.5 Å². The van der Waals surface area contributed by atoms with Crippen LogP contribution in [-0.4, -0.2) is 15.3 Å². The van der Waals surface area contributed by atoms with Crippen molar-refractivity contribution in [3.63, 3.8) is 0 Å². The summed E-state index contributed by atoms with van der Waals surface area (Å²) in [5.41, 5.74) is 6.95. The maximum atomic E-state index is 10.5. The van der Waals surface area contributed by atoms with Crippen LogP contribution < -0.4 is 9.64 Å². The molecule has 0 aliphatic carbocycles. The number of aromatic hydroxyl groups is 3. The number of hydrogen-bond donors (Lipinski definition) is 3. The van der Waals surface area contributed by atoms with Crippen molar-refractivity contribution in [2.24, 2.45) is 0 Å². The van der Waals surface area contributed by atoms with Gasteiger partial charge in [0.15, 0.2) is 0 Å². The van der Waals surface area contributed by atoms with Crippen LogP contribution in [0.4, 0.5) is 17.1 Å². The maximum absolute atomic E-state index is 10.5. The Kier molecular flexibility index (Phi) is 6.12. The molecule has 0 heterocycles. The summed E-state index contributed by atoms with van der Waals surface area (Å²) < 4.78 is 5.96. The van der Waals surface area contributed by atoms with E-state index in [9.17, 15) is 15.3 Å². The fraction of sp³-hybridized carbons (Fsp3) is 0.172. The van der Waals surface area contributed by atoms with Crippen LogP contribution >= 0.6 is 0 Å². The number of rotatable bonds is 5. The molecule has 4 aromatic carbocycles. The highest BCUT2D eigenvalue weighted by Gasteiger charge is 2.23. The molecule has 0 atom stereocenters. The molecule has 0 saturated carbocycles. The van der Waals surface area contributed by atoms with E-state index in [4.69, 9.17) is 4.74 Å². The summed E-state index contributed by atoms with van der Waals surface area (Å²) in [7, 11) is 0. The van der Waals surface area contributed by atoms with Crippen LogP contribution in [0, 0.1) is 34.6 Å². The van der Waals surface area contributed by atoms with Gasteiger partial charge >= 0.3 is 0 Å². The van der Waals surface area contributed by atoms with Gasteiger partial charge in [0.2, 0.25) is 0 Å². The summed E-state index contributed by atoms with van der Waals surface area (Å²) >= 11 is 0. The lowest BCUT2D eigenvalue weighted by Gasteiger charge is -2.31. The second-order valence-corrected chi connectivity index (χ2v) is 8.69. The Hall–Kier alpha value is -4.12. The third kappa shape index (κ3) is 4.37. The van der Waals surface area contributed by atoms with Crippen LogP contribution in [0.25, 0.3) is 0 Å². The molecule has 0 fully saturated rings. The van der Waals surface area contributed by atoms with E-state index < -0.39 is 0 Å². The molecule has 3 N–H and O–H groups in total. The molecule has 0 aromatic heterocycles. The van der Waals surface area contributed by atoms with Gasteiger partial charge in [0.05, 0.1) is 11.4 Å². The Labute approximate surface area is 200 Å². The minimum atomic E-state index is 0.155. The standard InChI is InChI=1S/C29H29NO4/c1-17-14-23(31)16-25(15-17)34-24-10-8-22(9-11-24)30(28-18(2)6-12-26(32)20(28)4)29-19(3)7-13-27(33)21(29)5/h6-16,31-33H,1-5H3. The average molecular weight is 456 g/mol. The highest BCUT2D eigenvalue weighted by atomic mass is 16.5. The molecule has 0 amide bonds. The molecule has 4 aromatic rings. The summed E-state index contributed by atoms with van der Waals surface area (Å²) in [5.74, 6) is 1.76. The van der Waals surface area contributed by atoms with Gasteiger partial charge in [0, 0.05) is 22.9 Å². The quantitative estimate of drug-likeness (QED) is 0.289. The summed E-state index contributed by atoms with van der Waals surface area (Å²) in [6.07, 6.45) is 0. The van der Waals surface area contributed by atoms with Gasteiger partial charge in [-0.05, 0) is 99.8 Å². The first kappa shape index (κ1) is 23.1. The Balaban J connectivity index is 1.84. The number of benzene rings is 4. The first-order chi connectivity index (χ1) is 16.2.